The van der Waals surface area contributed by atoms with Gasteiger partial charge in [0.25, 0.3) is 0 Å². The monoisotopic (exact) mass is 546 g/mol. The standard InChI is InChI=1S/C22H34N4O2S.HI/c1-5-28-14-6-12-23-22(25-15-18-7-9-20(27-4)10-8-18)24-13-11-19-16-29-21(26-19)17(2)3;/h7-10,16-17H,5-6,11-15H2,1-4H3,(H2,23,24,25);1H. The first kappa shape index (κ1) is 26.6. The minimum Gasteiger partial charge on any atom is -0.497 e. The van der Waals surface area contributed by atoms with E-state index in [2.05, 4.69) is 29.9 Å². The molecule has 0 bridgehead atoms. The lowest BCUT2D eigenvalue weighted by atomic mass is 10.2. The Kier molecular flexibility index (Phi) is 13.7. The van der Waals surface area contributed by atoms with Gasteiger partial charge in [-0.2, -0.15) is 0 Å². The van der Waals surface area contributed by atoms with Crippen LogP contribution in [0.15, 0.2) is 34.6 Å². The number of rotatable bonds is 12. The number of benzene rings is 1. The fraction of sp³-hybridized carbons (Fsp3) is 0.545. The van der Waals surface area contributed by atoms with Gasteiger partial charge >= 0.3 is 0 Å². The molecule has 30 heavy (non-hydrogen) atoms. The summed E-state index contributed by atoms with van der Waals surface area (Å²) in [6.45, 7) is 10.1. The number of hydrogen-bond donors (Lipinski definition) is 2. The van der Waals surface area contributed by atoms with Gasteiger partial charge in [-0.15, -0.1) is 35.3 Å². The van der Waals surface area contributed by atoms with Gasteiger partial charge in [0.1, 0.15) is 5.75 Å². The topological polar surface area (TPSA) is 67.8 Å². The largest absolute Gasteiger partial charge is 0.497 e. The van der Waals surface area contributed by atoms with Gasteiger partial charge in [-0.1, -0.05) is 26.0 Å². The van der Waals surface area contributed by atoms with Crippen molar-refractivity contribution in [1.29, 1.82) is 0 Å². The Morgan fingerprint density at radius 2 is 1.90 bits per heavy atom. The summed E-state index contributed by atoms with van der Waals surface area (Å²) in [6.07, 6.45) is 1.83. The number of aromatic nitrogens is 1. The van der Waals surface area contributed by atoms with Crippen molar-refractivity contribution in [2.24, 2.45) is 4.99 Å². The van der Waals surface area contributed by atoms with E-state index in [1.807, 2.05) is 31.2 Å². The van der Waals surface area contributed by atoms with E-state index >= 15 is 0 Å². The van der Waals surface area contributed by atoms with Crippen molar-refractivity contribution in [3.63, 3.8) is 0 Å². The molecule has 2 aromatic rings. The first-order chi connectivity index (χ1) is 14.1. The van der Waals surface area contributed by atoms with E-state index in [1.54, 1.807) is 18.4 Å². The third-order valence-corrected chi connectivity index (χ3v) is 5.47. The van der Waals surface area contributed by atoms with Crippen molar-refractivity contribution in [3.05, 3.63) is 45.9 Å². The van der Waals surface area contributed by atoms with Crippen LogP contribution in [0, 0.1) is 0 Å². The van der Waals surface area contributed by atoms with Crippen molar-refractivity contribution >= 4 is 41.3 Å². The van der Waals surface area contributed by atoms with Gasteiger partial charge in [-0.05, 0) is 31.0 Å². The number of halogens is 1. The second kappa shape index (κ2) is 15.4. The summed E-state index contributed by atoms with van der Waals surface area (Å²) in [5.74, 6) is 2.15. The molecule has 1 aromatic carbocycles. The lowest BCUT2D eigenvalue weighted by Crippen LogP contribution is -2.39. The van der Waals surface area contributed by atoms with Crippen LogP contribution in [-0.2, 0) is 17.7 Å². The van der Waals surface area contributed by atoms with E-state index in [1.165, 1.54) is 5.01 Å². The molecule has 0 aliphatic carbocycles. The minimum atomic E-state index is 0. The van der Waals surface area contributed by atoms with Gasteiger partial charge in [-0.25, -0.2) is 9.98 Å². The number of methoxy groups -OCH3 is 1. The summed E-state index contributed by atoms with van der Waals surface area (Å²) in [6, 6.07) is 8.00. The van der Waals surface area contributed by atoms with Gasteiger partial charge in [0, 0.05) is 44.0 Å². The SMILES string of the molecule is CCOCCCNC(=NCc1ccc(OC)cc1)NCCc1csc(C(C)C)n1.I. The molecule has 0 unspecified atom stereocenters. The van der Waals surface area contributed by atoms with Gasteiger partial charge in [0.2, 0.25) is 0 Å². The summed E-state index contributed by atoms with van der Waals surface area (Å²) >= 11 is 1.74. The Labute approximate surface area is 201 Å². The molecular weight excluding hydrogens is 511 g/mol. The highest BCUT2D eigenvalue weighted by Crippen LogP contribution is 2.19. The summed E-state index contributed by atoms with van der Waals surface area (Å²) in [7, 11) is 1.67. The molecule has 0 saturated heterocycles. The molecule has 6 nitrogen and oxygen atoms in total. The van der Waals surface area contributed by atoms with Crippen LogP contribution >= 0.6 is 35.3 Å². The average Bonchev–Trinajstić information content (AvgIpc) is 3.21. The molecule has 2 rings (SSSR count). The Morgan fingerprint density at radius 3 is 2.53 bits per heavy atom. The number of guanidine groups is 1. The molecular formula is C22H35IN4O2S. The van der Waals surface area contributed by atoms with Crippen LogP contribution in [0.5, 0.6) is 5.75 Å². The molecule has 0 saturated carbocycles. The van der Waals surface area contributed by atoms with Gasteiger partial charge in [0.15, 0.2) is 5.96 Å². The van der Waals surface area contributed by atoms with E-state index in [0.29, 0.717) is 12.5 Å². The van der Waals surface area contributed by atoms with Crippen LogP contribution in [0.3, 0.4) is 0 Å². The highest BCUT2D eigenvalue weighted by atomic mass is 127. The van der Waals surface area contributed by atoms with Gasteiger partial charge < -0.3 is 20.1 Å². The minimum absolute atomic E-state index is 0. The number of nitrogens with zero attached hydrogens (tertiary/aromatic N) is 2. The molecule has 0 radical (unpaired) electrons. The molecule has 0 spiro atoms. The van der Waals surface area contributed by atoms with Crippen molar-refractivity contribution in [3.8, 4) is 5.75 Å². The summed E-state index contributed by atoms with van der Waals surface area (Å²) < 4.78 is 10.6. The van der Waals surface area contributed by atoms with Crippen LogP contribution in [0.4, 0.5) is 0 Å². The third kappa shape index (κ3) is 10.1. The smallest absolute Gasteiger partial charge is 0.191 e. The summed E-state index contributed by atoms with van der Waals surface area (Å²) in [4.78, 5) is 9.43. The number of nitrogens with one attached hydrogen (secondary N) is 2. The molecule has 1 aromatic heterocycles. The van der Waals surface area contributed by atoms with Crippen LogP contribution in [0.1, 0.15) is 49.4 Å². The van der Waals surface area contributed by atoms with Crippen molar-refractivity contribution < 1.29 is 9.47 Å². The molecule has 168 valence electrons. The maximum Gasteiger partial charge on any atom is 0.191 e. The molecule has 0 aliphatic rings. The molecule has 0 amide bonds. The first-order valence-electron chi connectivity index (χ1n) is 10.3. The van der Waals surface area contributed by atoms with E-state index in [4.69, 9.17) is 19.5 Å². The van der Waals surface area contributed by atoms with Crippen molar-refractivity contribution in [2.45, 2.75) is 46.1 Å². The van der Waals surface area contributed by atoms with E-state index in [-0.39, 0.29) is 24.0 Å². The predicted octanol–water partition coefficient (Wildman–Crippen LogP) is 4.60. The number of ether oxygens (including phenoxy) is 2. The number of hydrogen-bond acceptors (Lipinski definition) is 5. The van der Waals surface area contributed by atoms with Crippen LogP contribution in [0.2, 0.25) is 0 Å². The highest BCUT2D eigenvalue weighted by Gasteiger charge is 2.06. The Morgan fingerprint density at radius 1 is 1.17 bits per heavy atom. The summed E-state index contributed by atoms with van der Waals surface area (Å²) in [5.41, 5.74) is 2.28. The lowest BCUT2D eigenvalue weighted by molar-refractivity contribution is 0.145. The molecule has 0 atom stereocenters. The first-order valence-corrected chi connectivity index (χ1v) is 11.2. The van der Waals surface area contributed by atoms with Gasteiger partial charge in [0.05, 0.1) is 24.4 Å². The zero-order valence-corrected chi connectivity index (χ0v) is 21.6. The van der Waals surface area contributed by atoms with Crippen LogP contribution < -0.4 is 15.4 Å². The molecule has 0 fully saturated rings. The molecule has 0 aliphatic heterocycles. The van der Waals surface area contributed by atoms with Crippen molar-refractivity contribution in [1.82, 2.24) is 15.6 Å². The lowest BCUT2D eigenvalue weighted by Gasteiger charge is -2.12. The number of thiazole rings is 1. The Hall–Kier alpha value is -1.39. The molecule has 8 heteroatoms. The van der Waals surface area contributed by atoms with E-state index in [0.717, 1.165) is 62.1 Å². The van der Waals surface area contributed by atoms with Crippen LogP contribution in [-0.4, -0.2) is 44.4 Å². The Balaban J connectivity index is 0.00000450. The van der Waals surface area contributed by atoms with Crippen LogP contribution in [0.25, 0.3) is 0 Å². The zero-order chi connectivity index (χ0) is 20.9. The second-order valence-corrected chi connectivity index (χ2v) is 7.89. The van der Waals surface area contributed by atoms with Gasteiger partial charge in [-0.3, -0.25) is 0 Å². The molecule has 2 N–H and O–H groups in total. The third-order valence-electron chi connectivity index (χ3n) is 4.28. The fourth-order valence-corrected chi connectivity index (χ4v) is 3.48. The quantitative estimate of drug-likeness (QED) is 0.176. The van der Waals surface area contributed by atoms with E-state index in [9.17, 15) is 0 Å². The zero-order valence-electron chi connectivity index (χ0n) is 18.4. The Bertz CT molecular complexity index is 735. The fourth-order valence-electron chi connectivity index (χ4n) is 2.61. The average molecular weight is 547 g/mol. The maximum absolute atomic E-state index is 5.41. The predicted molar refractivity (Wildman–Crippen MR) is 137 cm³/mol. The van der Waals surface area contributed by atoms with Crippen molar-refractivity contribution in [2.75, 3.05) is 33.4 Å². The normalized spacial score (nSPS) is 11.3. The number of aliphatic imine (C=N–C) groups is 1. The molecule has 1 heterocycles. The highest BCUT2D eigenvalue weighted by molar-refractivity contribution is 14.0. The summed E-state index contributed by atoms with van der Waals surface area (Å²) in [5, 5.41) is 10.2. The maximum atomic E-state index is 5.41. The second-order valence-electron chi connectivity index (χ2n) is 7.00. The van der Waals surface area contributed by atoms with E-state index < -0.39 is 0 Å².